The van der Waals surface area contributed by atoms with Crippen molar-refractivity contribution in [3.63, 3.8) is 0 Å². The van der Waals surface area contributed by atoms with E-state index in [4.69, 9.17) is 4.99 Å². The molecule has 1 heterocycles. The zero-order valence-electron chi connectivity index (χ0n) is 15.8. The maximum atomic E-state index is 9.66. The molecular formula is C20H30IN5O. The van der Waals surface area contributed by atoms with Gasteiger partial charge < -0.3 is 20.3 Å². The van der Waals surface area contributed by atoms with E-state index in [-0.39, 0.29) is 30.1 Å². The van der Waals surface area contributed by atoms with Crippen molar-refractivity contribution in [1.29, 1.82) is 0 Å². The average molecular weight is 483 g/mol. The number of rotatable bonds is 6. The molecule has 0 aliphatic heterocycles. The number of aliphatic hydroxyl groups excluding tert-OH is 1. The minimum atomic E-state index is -0.134. The molecule has 0 amide bonds. The van der Waals surface area contributed by atoms with Crippen LogP contribution in [0.25, 0.3) is 0 Å². The highest BCUT2D eigenvalue weighted by molar-refractivity contribution is 14.0. The Labute approximate surface area is 178 Å². The lowest BCUT2D eigenvalue weighted by atomic mass is 9.93. The van der Waals surface area contributed by atoms with Gasteiger partial charge in [-0.05, 0) is 43.7 Å². The molecule has 148 valence electrons. The van der Waals surface area contributed by atoms with Gasteiger partial charge in [0.2, 0.25) is 0 Å². The summed E-state index contributed by atoms with van der Waals surface area (Å²) >= 11 is 0. The van der Waals surface area contributed by atoms with Crippen molar-refractivity contribution in [3.05, 3.63) is 54.1 Å². The molecule has 0 atom stereocenters. The third-order valence-corrected chi connectivity index (χ3v) is 4.72. The second-order valence-electron chi connectivity index (χ2n) is 6.90. The Bertz CT molecular complexity index is 696. The normalized spacial score (nSPS) is 20.0. The maximum absolute atomic E-state index is 9.66. The SMILES string of the molecule is CCNC(=NCc1cccc(Cn2ccnc2)c1)NC1CCC(O)CC1.I. The van der Waals surface area contributed by atoms with E-state index in [1.165, 1.54) is 11.1 Å². The van der Waals surface area contributed by atoms with Crippen LogP contribution in [0, 0.1) is 0 Å². The lowest BCUT2D eigenvalue weighted by Crippen LogP contribution is -2.45. The number of guanidine groups is 1. The molecule has 1 fully saturated rings. The molecule has 0 radical (unpaired) electrons. The van der Waals surface area contributed by atoms with E-state index in [0.717, 1.165) is 44.7 Å². The number of aromatic nitrogens is 2. The zero-order chi connectivity index (χ0) is 18.2. The molecule has 1 saturated carbocycles. The molecule has 1 aliphatic carbocycles. The summed E-state index contributed by atoms with van der Waals surface area (Å²) in [6.07, 6.45) is 9.19. The minimum absolute atomic E-state index is 0. The molecule has 7 heteroatoms. The van der Waals surface area contributed by atoms with E-state index in [2.05, 4.69) is 51.4 Å². The van der Waals surface area contributed by atoms with E-state index < -0.39 is 0 Å². The Morgan fingerprint density at radius 1 is 1.26 bits per heavy atom. The van der Waals surface area contributed by atoms with E-state index in [1.807, 2.05) is 12.5 Å². The van der Waals surface area contributed by atoms with Crippen molar-refractivity contribution < 1.29 is 5.11 Å². The number of hydrogen-bond acceptors (Lipinski definition) is 3. The number of aliphatic imine (C=N–C) groups is 1. The van der Waals surface area contributed by atoms with Crippen LogP contribution in [0.5, 0.6) is 0 Å². The van der Waals surface area contributed by atoms with Gasteiger partial charge >= 0.3 is 0 Å². The highest BCUT2D eigenvalue weighted by Gasteiger charge is 2.19. The smallest absolute Gasteiger partial charge is 0.191 e. The molecule has 1 aromatic carbocycles. The monoisotopic (exact) mass is 483 g/mol. The van der Waals surface area contributed by atoms with Gasteiger partial charge in [0, 0.05) is 31.5 Å². The summed E-state index contributed by atoms with van der Waals surface area (Å²) in [5.74, 6) is 0.855. The Balaban J connectivity index is 0.00000261. The van der Waals surface area contributed by atoms with Crippen molar-refractivity contribution in [3.8, 4) is 0 Å². The molecule has 0 bridgehead atoms. The summed E-state index contributed by atoms with van der Waals surface area (Å²) in [4.78, 5) is 8.84. The fraction of sp³-hybridized carbons (Fsp3) is 0.500. The fourth-order valence-electron chi connectivity index (χ4n) is 3.32. The number of benzene rings is 1. The topological polar surface area (TPSA) is 74.5 Å². The van der Waals surface area contributed by atoms with Gasteiger partial charge in [0.05, 0.1) is 19.0 Å². The van der Waals surface area contributed by atoms with Gasteiger partial charge in [-0.15, -0.1) is 24.0 Å². The molecular weight excluding hydrogens is 453 g/mol. The quantitative estimate of drug-likeness (QED) is 0.336. The largest absolute Gasteiger partial charge is 0.393 e. The van der Waals surface area contributed by atoms with Gasteiger partial charge in [-0.25, -0.2) is 9.98 Å². The standard InChI is InChI=1S/C20H29N5O.HI/c1-2-22-20(24-18-6-8-19(26)9-7-18)23-13-16-4-3-5-17(12-16)14-25-11-10-21-15-25;/h3-5,10-12,15,18-19,26H,2,6-9,13-14H2,1H3,(H2,22,23,24);1H. The summed E-state index contributed by atoms with van der Waals surface area (Å²) in [5.41, 5.74) is 2.44. The first kappa shape index (κ1) is 21.7. The molecule has 3 rings (SSSR count). The number of hydrogen-bond donors (Lipinski definition) is 3. The van der Waals surface area contributed by atoms with Crippen LogP contribution in [-0.2, 0) is 13.1 Å². The van der Waals surface area contributed by atoms with Crippen molar-refractivity contribution >= 4 is 29.9 Å². The molecule has 3 N–H and O–H groups in total. The van der Waals surface area contributed by atoms with Crippen LogP contribution in [0.1, 0.15) is 43.7 Å². The fourth-order valence-corrected chi connectivity index (χ4v) is 3.32. The van der Waals surface area contributed by atoms with E-state index in [1.54, 1.807) is 6.20 Å². The van der Waals surface area contributed by atoms with Crippen LogP contribution < -0.4 is 10.6 Å². The van der Waals surface area contributed by atoms with Crippen LogP contribution in [0.15, 0.2) is 48.0 Å². The number of nitrogens with one attached hydrogen (secondary N) is 2. The predicted molar refractivity (Wildman–Crippen MR) is 119 cm³/mol. The molecule has 1 aliphatic rings. The molecule has 0 spiro atoms. The molecule has 6 nitrogen and oxygen atoms in total. The van der Waals surface area contributed by atoms with Crippen molar-refractivity contribution in [2.45, 2.75) is 57.8 Å². The Morgan fingerprint density at radius 2 is 2.04 bits per heavy atom. The van der Waals surface area contributed by atoms with Crippen molar-refractivity contribution in [2.75, 3.05) is 6.54 Å². The minimum Gasteiger partial charge on any atom is -0.393 e. The second kappa shape index (κ2) is 11.3. The number of nitrogens with zero attached hydrogens (tertiary/aromatic N) is 3. The van der Waals surface area contributed by atoms with Gasteiger partial charge in [0.15, 0.2) is 5.96 Å². The molecule has 0 unspecified atom stereocenters. The predicted octanol–water partition coefficient (Wildman–Crippen LogP) is 2.91. The van der Waals surface area contributed by atoms with Crippen LogP contribution in [0.2, 0.25) is 0 Å². The maximum Gasteiger partial charge on any atom is 0.191 e. The van der Waals surface area contributed by atoms with E-state index in [0.29, 0.717) is 12.6 Å². The van der Waals surface area contributed by atoms with Gasteiger partial charge in [-0.1, -0.05) is 24.3 Å². The summed E-state index contributed by atoms with van der Waals surface area (Å²) in [6, 6.07) is 8.92. The first-order chi connectivity index (χ1) is 12.7. The Kier molecular flexibility index (Phi) is 9.06. The lowest BCUT2D eigenvalue weighted by molar-refractivity contribution is 0.120. The van der Waals surface area contributed by atoms with Crippen LogP contribution >= 0.6 is 24.0 Å². The third-order valence-electron chi connectivity index (χ3n) is 4.72. The van der Waals surface area contributed by atoms with Crippen LogP contribution in [0.3, 0.4) is 0 Å². The first-order valence-corrected chi connectivity index (χ1v) is 9.49. The number of halogens is 1. The van der Waals surface area contributed by atoms with Gasteiger partial charge in [-0.3, -0.25) is 0 Å². The van der Waals surface area contributed by atoms with Crippen molar-refractivity contribution in [1.82, 2.24) is 20.2 Å². The van der Waals surface area contributed by atoms with Gasteiger partial charge in [-0.2, -0.15) is 0 Å². The second-order valence-corrected chi connectivity index (χ2v) is 6.90. The summed E-state index contributed by atoms with van der Waals surface area (Å²) < 4.78 is 2.06. The molecule has 27 heavy (non-hydrogen) atoms. The summed E-state index contributed by atoms with van der Waals surface area (Å²) in [7, 11) is 0. The summed E-state index contributed by atoms with van der Waals surface area (Å²) in [5, 5.41) is 16.5. The van der Waals surface area contributed by atoms with Crippen LogP contribution in [0.4, 0.5) is 0 Å². The molecule has 2 aromatic rings. The number of aliphatic hydroxyl groups is 1. The van der Waals surface area contributed by atoms with E-state index in [9.17, 15) is 5.11 Å². The third kappa shape index (κ3) is 7.14. The first-order valence-electron chi connectivity index (χ1n) is 9.49. The highest BCUT2D eigenvalue weighted by atomic mass is 127. The highest BCUT2D eigenvalue weighted by Crippen LogP contribution is 2.18. The molecule has 1 aromatic heterocycles. The summed E-state index contributed by atoms with van der Waals surface area (Å²) in [6.45, 7) is 4.37. The van der Waals surface area contributed by atoms with Crippen LogP contribution in [-0.4, -0.2) is 39.3 Å². The van der Waals surface area contributed by atoms with E-state index >= 15 is 0 Å². The average Bonchev–Trinajstić information content (AvgIpc) is 3.15. The lowest BCUT2D eigenvalue weighted by Gasteiger charge is -2.27. The zero-order valence-corrected chi connectivity index (χ0v) is 18.2. The molecule has 0 saturated heterocycles. The van der Waals surface area contributed by atoms with Crippen molar-refractivity contribution in [2.24, 2.45) is 4.99 Å². The van der Waals surface area contributed by atoms with Gasteiger partial charge in [0.25, 0.3) is 0 Å². The van der Waals surface area contributed by atoms with Gasteiger partial charge in [0.1, 0.15) is 0 Å². The Morgan fingerprint density at radius 3 is 2.74 bits per heavy atom. The number of imidazole rings is 1. The Hall–Kier alpha value is -1.61.